The lowest BCUT2D eigenvalue weighted by atomic mass is 10.1. The number of hydrogen-bond donors (Lipinski definition) is 0. The highest BCUT2D eigenvalue weighted by Crippen LogP contribution is 2.33. The fourth-order valence-electron chi connectivity index (χ4n) is 1.83. The van der Waals surface area contributed by atoms with Crippen molar-refractivity contribution < 1.29 is 0 Å². The molecule has 3 rings (SSSR count). The second kappa shape index (κ2) is 1.25. The largest absolute Gasteiger partial charge is 0.289 e. The zero-order valence-electron chi connectivity index (χ0n) is 5.46. The molecule has 3 fully saturated rings. The standard InChI is InChI=1S/C6H12N2/c1-7-4-5-3-6(7)8(5)2/h5-6H,3-4H2,1-2H3. The first-order valence-electron chi connectivity index (χ1n) is 3.21. The van der Waals surface area contributed by atoms with Crippen LogP contribution in [0.2, 0.25) is 0 Å². The monoisotopic (exact) mass is 112 g/mol. The Bertz CT molecular complexity index is 109. The topological polar surface area (TPSA) is 6.48 Å². The van der Waals surface area contributed by atoms with E-state index < -0.39 is 0 Å². The van der Waals surface area contributed by atoms with E-state index >= 15 is 0 Å². The van der Waals surface area contributed by atoms with Crippen molar-refractivity contribution in [3.05, 3.63) is 0 Å². The Hall–Kier alpha value is -0.0800. The van der Waals surface area contributed by atoms with Crippen molar-refractivity contribution in [2.45, 2.75) is 18.6 Å². The highest BCUT2D eigenvalue weighted by atomic mass is 15.5. The summed E-state index contributed by atoms with van der Waals surface area (Å²) in [6, 6.07) is 0.894. The SMILES string of the molecule is CN1CC2CC1N2C. The molecule has 0 amide bonds. The van der Waals surface area contributed by atoms with E-state index in [1.807, 2.05) is 0 Å². The molecule has 2 heteroatoms. The first kappa shape index (κ1) is 4.77. The van der Waals surface area contributed by atoms with E-state index in [4.69, 9.17) is 0 Å². The zero-order chi connectivity index (χ0) is 5.72. The first-order chi connectivity index (χ1) is 3.79. The summed E-state index contributed by atoms with van der Waals surface area (Å²) in [6.07, 6.45) is 2.20. The molecule has 2 nitrogen and oxygen atoms in total. The molecule has 3 heterocycles. The molecule has 2 bridgehead atoms. The number of fused-ring (bicyclic) bond motifs is 1. The molecule has 0 N–H and O–H groups in total. The summed E-state index contributed by atoms with van der Waals surface area (Å²) in [6.45, 7) is 1.29. The highest BCUT2D eigenvalue weighted by molar-refractivity contribution is 4.98. The average molecular weight is 112 g/mol. The van der Waals surface area contributed by atoms with E-state index in [0.717, 1.165) is 12.2 Å². The third kappa shape index (κ3) is 0.361. The van der Waals surface area contributed by atoms with Crippen LogP contribution >= 0.6 is 0 Å². The lowest BCUT2D eigenvalue weighted by molar-refractivity contribution is 0.0687. The van der Waals surface area contributed by atoms with Gasteiger partial charge in [0.25, 0.3) is 0 Å². The summed E-state index contributed by atoms with van der Waals surface area (Å²) in [5, 5.41) is 0. The maximum Gasteiger partial charge on any atom is 0.0636 e. The van der Waals surface area contributed by atoms with Crippen LogP contribution in [0.1, 0.15) is 6.42 Å². The van der Waals surface area contributed by atoms with Crippen LogP contribution < -0.4 is 0 Å². The van der Waals surface area contributed by atoms with E-state index in [1.165, 1.54) is 13.0 Å². The van der Waals surface area contributed by atoms with Gasteiger partial charge in [-0.15, -0.1) is 0 Å². The molecular weight excluding hydrogens is 100 g/mol. The molecule has 2 unspecified atom stereocenters. The van der Waals surface area contributed by atoms with Crippen LogP contribution in [0.4, 0.5) is 0 Å². The molecule has 3 saturated heterocycles. The lowest BCUT2D eigenvalue weighted by Crippen LogP contribution is -2.48. The van der Waals surface area contributed by atoms with E-state index in [2.05, 4.69) is 23.9 Å². The van der Waals surface area contributed by atoms with Gasteiger partial charge in [0.15, 0.2) is 0 Å². The summed E-state index contributed by atoms with van der Waals surface area (Å²) in [4.78, 5) is 4.87. The number of nitrogens with zero attached hydrogens (tertiary/aromatic N) is 2. The van der Waals surface area contributed by atoms with Crippen molar-refractivity contribution in [2.24, 2.45) is 0 Å². The average Bonchev–Trinajstić information content (AvgIpc) is 2.19. The third-order valence-corrected chi connectivity index (χ3v) is 2.54. The second-order valence-electron chi connectivity index (χ2n) is 2.98. The molecule has 8 heavy (non-hydrogen) atoms. The van der Waals surface area contributed by atoms with Gasteiger partial charge in [-0.1, -0.05) is 0 Å². The van der Waals surface area contributed by atoms with Gasteiger partial charge >= 0.3 is 0 Å². The Balaban J connectivity index is 2.13. The van der Waals surface area contributed by atoms with Crippen LogP contribution in [0.25, 0.3) is 0 Å². The molecule has 0 aromatic heterocycles. The van der Waals surface area contributed by atoms with Crippen LogP contribution in [0, 0.1) is 0 Å². The Labute approximate surface area is 50.1 Å². The highest BCUT2D eigenvalue weighted by Gasteiger charge is 2.45. The van der Waals surface area contributed by atoms with Gasteiger partial charge in [-0.3, -0.25) is 9.80 Å². The van der Waals surface area contributed by atoms with Crippen LogP contribution in [-0.4, -0.2) is 42.6 Å². The normalized spacial score (nSPS) is 47.2. The van der Waals surface area contributed by atoms with Crippen LogP contribution in [-0.2, 0) is 0 Å². The summed E-state index contributed by atoms with van der Waals surface area (Å²) >= 11 is 0. The molecule has 0 aromatic carbocycles. The summed E-state index contributed by atoms with van der Waals surface area (Å²) < 4.78 is 0. The smallest absolute Gasteiger partial charge is 0.0636 e. The molecule has 3 aliphatic rings. The molecule has 0 spiro atoms. The van der Waals surface area contributed by atoms with E-state index in [0.29, 0.717) is 0 Å². The number of rotatable bonds is 0. The molecule has 0 aliphatic carbocycles. The van der Waals surface area contributed by atoms with Crippen LogP contribution in [0.3, 0.4) is 0 Å². The molecule has 0 radical (unpaired) electrons. The third-order valence-electron chi connectivity index (χ3n) is 2.54. The van der Waals surface area contributed by atoms with E-state index in [1.54, 1.807) is 0 Å². The fraction of sp³-hybridized carbons (Fsp3) is 1.00. The minimum absolute atomic E-state index is 0.792. The van der Waals surface area contributed by atoms with Gasteiger partial charge in [-0.25, -0.2) is 0 Å². The Morgan fingerprint density at radius 1 is 1.38 bits per heavy atom. The summed E-state index contributed by atoms with van der Waals surface area (Å²) in [5.41, 5.74) is 0. The molecule has 0 saturated carbocycles. The number of hydrogen-bond acceptors (Lipinski definition) is 2. The molecule has 2 atom stereocenters. The minimum Gasteiger partial charge on any atom is -0.289 e. The van der Waals surface area contributed by atoms with Crippen molar-refractivity contribution in [1.29, 1.82) is 0 Å². The lowest BCUT2D eigenvalue weighted by Gasteiger charge is -2.36. The predicted octanol–water partition coefficient (Wildman–Crippen LogP) is -0.0380. The van der Waals surface area contributed by atoms with Crippen LogP contribution in [0.5, 0.6) is 0 Å². The first-order valence-corrected chi connectivity index (χ1v) is 3.21. The van der Waals surface area contributed by atoms with Gasteiger partial charge in [-0.2, -0.15) is 0 Å². The predicted molar refractivity (Wildman–Crippen MR) is 32.6 cm³/mol. The van der Waals surface area contributed by atoms with Gasteiger partial charge in [0.1, 0.15) is 0 Å². The summed E-state index contributed by atoms with van der Waals surface area (Å²) in [7, 11) is 4.41. The Kier molecular flexibility index (Phi) is 0.746. The van der Waals surface area contributed by atoms with Gasteiger partial charge < -0.3 is 0 Å². The molecule has 46 valence electrons. The molecular formula is C6H12N2. The van der Waals surface area contributed by atoms with E-state index in [-0.39, 0.29) is 0 Å². The Morgan fingerprint density at radius 2 is 2.12 bits per heavy atom. The minimum atomic E-state index is 0.792. The summed E-state index contributed by atoms with van der Waals surface area (Å²) in [5.74, 6) is 0. The van der Waals surface area contributed by atoms with Crippen molar-refractivity contribution >= 4 is 0 Å². The zero-order valence-corrected chi connectivity index (χ0v) is 5.46. The molecule has 3 aliphatic heterocycles. The Morgan fingerprint density at radius 3 is 2.25 bits per heavy atom. The maximum atomic E-state index is 2.44. The van der Waals surface area contributed by atoms with Crippen molar-refractivity contribution in [3.63, 3.8) is 0 Å². The van der Waals surface area contributed by atoms with Crippen molar-refractivity contribution in [2.75, 3.05) is 20.6 Å². The van der Waals surface area contributed by atoms with E-state index in [9.17, 15) is 0 Å². The molecule has 0 aromatic rings. The van der Waals surface area contributed by atoms with Gasteiger partial charge in [0.2, 0.25) is 0 Å². The van der Waals surface area contributed by atoms with Crippen molar-refractivity contribution in [1.82, 2.24) is 9.80 Å². The fourth-order valence-corrected chi connectivity index (χ4v) is 1.83. The van der Waals surface area contributed by atoms with Gasteiger partial charge in [0, 0.05) is 12.6 Å². The quantitative estimate of drug-likeness (QED) is 0.434. The van der Waals surface area contributed by atoms with Crippen molar-refractivity contribution in [3.8, 4) is 0 Å². The maximum absolute atomic E-state index is 2.44. The van der Waals surface area contributed by atoms with Gasteiger partial charge in [-0.05, 0) is 20.5 Å². The van der Waals surface area contributed by atoms with Gasteiger partial charge in [0.05, 0.1) is 6.17 Å². The second-order valence-corrected chi connectivity index (χ2v) is 2.98. The number of likely N-dealkylation sites (N-methyl/N-ethyl adjacent to an activating group) is 2. The van der Waals surface area contributed by atoms with Crippen LogP contribution in [0.15, 0.2) is 0 Å².